The number of rotatable bonds is 6. The van der Waals surface area contributed by atoms with Crippen LogP contribution in [0.5, 0.6) is 0 Å². The van der Waals surface area contributed by atoms with E-state index in [1.807, 2.05) is 79.1 Å². The molecular weight excluding hydrogens is 474 g/mol. The van der Waals surface area contributed by atoms with Crippen molar-refractivity contribution in [3.8, 4) is 17.1 Å². The van der Waals surface area contributed by atoms with E-state index in [1.54, 1.807) is 12.4 Å². The van der Waals surface area contributed by atoms with Crippen LogP contribution in [0.1, 0.15) is 12.5 Å². The summed E-state index contributed by atoms with van der Waals surface area (Å²) in [4.78, 5) is 17.0. The Morgan fingerprint density at radius 3 is 2.68 bits per heavy atom. The van der Waals surface area contributed by atoms with Crippen LogP contribution in [0, 0.1) is 6.92 Å². The standard InChI is InChI=1S/C23H20BrN5OS/c1-15-7-3-4-11-20(15)29-21(17-8-6-12-25-14-17)27-28-23(29)31-16(2)22(30)26-19-10-5-9-18(24)13-19/h3-14,16H,1-2H3,(H,26,30). The van der Waals surface area contributed by atoms with Crippen molar-refractivity contribution in [2.24, 2.45) is 0 Å². The van der Waals surface area contributed by atoms with Crippen LogP contribution < -0.4 is 5.32 Å². The zero-order valence-electron chi connectivity index (χ0n) is 17.0. The smallest absolute Gasteiger partial charge is 0.237 e. The van der Waals surface area contributed by atoms with Gasteiger partial charge >= 0.3 is 0 Å². The highest BCUT2D eigenvalue weighted by atomic mass is 79.9. The van der Waals surface area contributed by atoms with Gasteiger partial charge in [-0.2, -0.15) is 0 Å². The predicted octanol–water partition coefficient (Wildman–Crippen LogP) is 5.52. The van der Waals surface area contributed by atoms with Gasteiger partial charge in [0.15, 0.2) is 11.0 Å². The Bertz CT molecular complexity index is 1210. The average molecular weight is 494 g/mol. The largest absolute Gasteiger partial charge is 0.325 e. The second kappa shape index (κ2) is 9.45. The van der Waals surface area contributed by atoms with Crippen LogP contribution >= 0.6 is 27.7 Å². The van der Waals surface area contributed by atoms with Gasteiger partial charge < -0.3 is 5.32 Å². The molecule has 0 aliphatic carbocycles. The number of thioether (sulfide) groups is 1. The normalized spacial score (nSPS) is 11.8. The Labute approximate surface area is 193 Å². The van der Waals surface area contributed by atoms with E-state index in [1.165, 1.54) is 11.8 Å². The zero-order valence-corrected chi connectivity index (χ0v) is 19.4. The fraction of sp³-hybridized carbons (Fsp3) is 0.130. The van der Waals surface area contributed by atoms with Gasteiger partial charge in [0.25, 0.3) is 0 Å². The molecule has 0 bridgehead atoms. The first-order chi connectivity index (χ1) is 15.0. The second-order valence-corrected chi connectivity index (χ2v) is 9.15. The first kappa shape index (κ1) is 21.3. The van der Waals surface area contributed by atoms with Gasteiger partial charge in [-0.25, -0.2) is 0 Å². The number of carbonyl (C=O) groups is 1. The topological polar surface area (TPSA) is 72.7 Å². The number of benzene rings is 2. The summed E-state index contributed by atoms with van der Waals surface area (Å²) >= 11 is 4.79. The lowest BCUT2D eigenvalue weighted by Crippen LogP contribution is -2.23. The molecule has 6 nitrogen and oxygen atoms in total. The number of para-hydroxylation sites is 1. The van der Waals surface area contributed by atoms with Crippen LogP contribution in [0.4, 0.5) is 5.69 Å². The molecule has 0 aliphatic rings. The van der Waals surface area contributed by atoms with Crippen LogP contribution in [-0.4, -0.2) is 30.9 Å². The molecule has 8 heteroatoms. The molecular formula is C23H20BrN5OS. The van der Waals surface area contributed by atoms with Crippen LogP contribution in [0.2, 0.25) is 0 Å². The summed E-state index contributed by atoms with van der Waals surface area (Å²) in [5.41, 5.74) is 3.65. The van der Waals surface area contributed by atoms with Crippen LogP contribution in [0.15, 0.2) is 82.7 Å². The molecule has 0 radical (unpaired) electrons. The van der Waals surface area contributed by atoms with Crippen molar-refractivity contribution in [2.75, 3.05) is 5.32 Å². The van der Waals surface area contributed by atoms with Crippen LogP contribution in [0.3, 0.4) is 0 Å². The number of amides is 1. The van der Waals surface area contributed by atoms with E-state index in [9.17, 15) is 4.79 Å². The Kier molecular flexibility index (Phi) is 6.48. The molecule has 4 aromatic rings. The first-order valence-electron chi connectivity index (χ1n) is 9.68. The highest BCUT2D eigenvalue weighted by molar-refractivity contribution is 9.10. The minimum atomic E-state index is -0.382. The summed E-state index contributed by atoms with van der Waals surface area (Å²) < 4.78 is 2.89. The zero-order chi connectivity index (χ0) is 21.8. The first-order valence-corrected chi connectivity index (χ1v) is 11.3. The summed E-state index contributed by atoms with van der Waals surface area (Å²) in [5, 5.41) is 12.1. The lowest BCUT2D eigenvalue weighted by atomic mass is 10.2. The third kappa shape index (κ3) is 4.86. The van der Waals surface area contributed by atoms with Crippen molar-refractivity contribution in [1.29, 1.82) is 0 Å². The number of halogens is 1. The Balaban J connectivity index is 1.66. The summed E-state index contributed by atoms with van der Waals surface area (Å²) in [5.74, 6) is 0.579. The van der Waals surface area contributed by atoms with Crippen molar-refractivity contribution in [2.45, 2.75) is 24.3 Å². The average Bonchev–Trinajstić information content (AvgIpc) is 3.18. The monoisotopic (exact) mass is 493 g/mol. The highest BCUT2D eigenvalue weighted by Gasteiger charge is 2.22. The van der Waals surface area contributed by atoms with Gasteiger partial charge in [-0.05, 0) is 55.8 Å². The fourth-order valence-corrected chi connectivity index (χ4v) is 4.34. The van der Waals surface area contributed by atoms with Crippen molar-refractivity contribution < 1.29 is 4.79 Å². The Morgan fingerprint density at radius 1 is 1.10 bits per heavy atom. The molecule has 1 N–H and O–H groups in total. The molecule has 1 atom stereocenters. The molecule has 156 valence electrons. The molecule has 0 spiro atoms. The van der Waals surface area contributed by atoms with E-state index < -0.39 is 0 Å². The van der Waals surface area contributed by atoms with Gasteiger partial charge in [-0.3, -0.25) is 14.3 Å². The minimum Gasteiger partial charge on any atom is -0.325 e. The fourth-order valence-electron chi connectivity index (χ4n) is 3.08. The summed E-state index contributed by atoms with van der Waals surface area (Å²) in [7, 11) is 0. The quantitative estimate of drug-likeness (QED) is 0.358. The number of hydrogen-bond donors (Lipinski definition) is 1. The molecule has 2 heterocycles. The molecule has 1 amide bonds. The Hall–Kier alpha value is -2.97. The maximum Gasteiger partial charge on any atom is 0.237 e. The Morgan fingerprint density at radius 2 is 1.94 bits per heavy atom. The van der Waals surface area contributed by atoms with E-state index in [0.717, 1.165) is 27.0 Å². The maximum absolute atomic E-state index is 12.8. The lowest BCUT2D eigenvalue weighted by Gasteiger charge is -2.15. The van der Waals surface area contributed by atoms with Gasteiger partial charge in [-0.1, -0.05) is 52.0 Å². The van der Waals surface area contributed by atoms with Crippen molar-refractivity contribution in [3.63, 3.8) is 0 Å². The molecule has 2 aromatic heterocycles. The van der Waals surface area contributed by atoms with Gasteiger partial charge in [0.1, 0.15) is 0 Å². The number of anilines is 1. The van der Waals surface area contributed by atoms with E-state index in [2.05, 4.69) is 36.4 Å². The van der Waals surface area contributed by atoms with Crippen LogP contribution in [0.25, 0.3) is 17.1 Å². The van der Waals surface area contributed by atoms with Crippen molar-refractivity contribution >= 4 is 39.3 Å². The second-order valence-electron chi connectivity index (χ2n) is 6.93. The number of pyridine rings is 1. The van der Waals surface area contributed by atoms with Gasteiger partial charge in [0, 0.05) is 28.1 Å². The predicted molar refractivity (Wildman–Crippen MR) is 127 cm³/mol. The summed E-state index contributed by atoms with van der Waals surface area (Å²) in [6, 6.07) is 19.4. The number of aromatic nitrogens is 4. The summed E-state index contributed by atoms with van der Waals surface area (Å²) in [6.45, 7) is 3.90. The summed E-state index contributed by atoms with van der Waals surface area (Å²) in [6.07, 6.45) is 3.48. The number of nitrogens with one attached hydrogen (secondary N) is 1. The van der Waals surface area contributed by atoms with Gasteiger partial charge in [0.05, 0.1) is 10.9 Å². The lowest BCUT2D eigenvalue weighted by molar-refractivity contribution is -0.115. The number of hydrogen-bond acceptors (Lipinski definition) is 5. The SMILES string of the molecule is Cc1ccccc1-n1c(SC(C)C(=O)Nc2cccc(Br)c2)nnc1-c1cccnc1. The molecule has 31 heavy (non-hydrogen) atoms. The van der Waals surface area contributed by atoms with E-state index in [-0.39, 0.29) is 11.2 Å². The van der Waals surface area contributed by atoms with Crippen LogP contribution in [-0.2, 0) is 4.79 Å². The highest BCUT2D eigenvalue weighted by Crippen LogP contribution is 2.31. The maximum atomic E-state index is 12.8. The molecule has 0 aliphatic heterocycles. The molecule has 2 aromatic carbocycles. The third-order valence-electron chi connectivity index (χ3n) is 4.65. The molecule has 0 saturated carbocycles. The number of aryl methyl sites for hydroxylation is 1. The number of carbonyl (C=O) groups excluding carboxylic acids is 1. The van der Waals surface area contributed by atoms with Crippen molar-refractivity contribution in [1.82, 2.24) is 19.7 Å². The van der Waals surface area contributed by atoms with E-state index in [0.29, 0.717) is 11.0 Å². The molecule has 4 rings (SSSR count). The number of nitrogens with zero attached hydrogens (tertiary/aromatic N) is 4. The third-order valence-corrected chi connectivity index (χ3v) is 6.19. The van der Waals surface area contributed by atoms with Crippen molar-refractivity contribution in [3.05, 3.63) is 83.1 Å². The van der Waals surface area contributed by atoms with E-state index in [4.69, 9.17) is 0 Å². The molecule has 1 unspecified atom stereocenters. The van der Waals surface area contributed by atoms with Gasteiger partial charge in [-0.15, -0.1) is 10.2 Å². The molecule has 0 saturated heterocycles. The van der Waals surface area contributed by atoms with E-state index >= 15 is 0 Å². The minimum absolute atomic E-state index is 0.106. The molecule has 0 fully saturated rings. The van der Waals surface area contributed by atoms with Gasteiger partial charge in [0.2, 0.25) is 5.91 Å².